The number of nitrogens with zero attached hydrogens (tertiary/aromatic N) is 3. The number of aliphatic hydroxyl groups is 3. The predicted molar refractivity (Wildman–Crippen MR) is 61.3 cm³/mol. The van der Waals surface area contributed by atoms with Crippen LogP contribution < -0.4 is 14.2 Å². The molecule has 0 bridgehead atoms. The molecule has 2 rings (SSSR count). The van der Waals surface area contributed by atoms with Crippen LogP contribution in [0, 0.1) is 0 Å². The van der Waals surface area contributed by atoms with Crippen LogP contribution in [0.5, 0.6) is 18.0 Å². The first kappa shape index (κ1) is 14.7. The molecule has 112 valence electrons. The third-order valence-electron chi connectivity index (χ3n) is 2.61. The van der Waals surface area contributed by atoms with Gasteiger partial charge in [0.25, 0.3) is 0 Å². The van der Waals surface area contributed by atoms with Crippen LogP contribution in [0.4, 0.5) is 0 Å². The lowest BCUT2D eigenvalue weighted by atomic mass is 10.1. The standard InChI is InChI=1S/C10H15N3O7/c1-17-8-11-9(18-2)13-10(12-8)20-7-6(16)5(15)4(14)3-19-7/h4-7,14-16H,3H2,1-2H3/t4-,5+,6-,7+/m1/s1. The molecule has 4 atom stereocenters. The van der Waals surface area contributed by atoms with Gasteiger partial charge in [0.05, 0.1) is 20.8 Å². The quantitative estimate of drug-likeness (QED) is 0.555. The van der Waals surface area contributed by atoms with Gasteiger partial charge in [-0.15, -0.1) is 15.0 Å². The fourth-order valence-electron chi connectivity index (χ4n) is 1.54. The van der Waals surface area contributed by atoms with E-state index in [0.29, 0.717) is 0 Å². The SMILES string of the molecule is COc1nc(OC)nc(O[C@@H]2OC[C@@H](O)[C@H](O)[C@H]2O)n1. The van der Waals surface area contributed by atoms with Crippen LogP contribution in [-0.4, -0.2) is 75.7 Å². The van der Waals surface area contributed by atoms with Gasteiger partial charge < -0.3 is 34.3 Å². The Hall–Kier alpha value is -1.75. The maximum Gasteiger partial charge on any atom is 0.328 e. The largest absolute Gasteiger partial charge is 0.467 e. The molecule has 0 saturated carbocycles. The van der Waals surface area contributed by atoms with Crippen molar-refractivity contribution >= 4 is 0 Å². The van der Waals surface area contributed by atoms with Crippen molar-refractivity contribution in [2.75, 3.05) is 20.8 Å². The number of hydrogen-bond acceptors (Lipinski definition) is 10. The van der Waals surface area contributed by atoms with Crippen molar-refractivity contribution in [3.8, 4) is 18.0 Å². The van der Waals surface area contributed by atoms with Gasteiger partial charge in [0.1, 0.15) is 18.3 Å². The molecular weight excluding hydrogens is 274 g/mol. The highest BCUT2D eigenvalue weighted by Crippen LogP contribution is 2.20. The van der Waals surface area contributed by atoms with Crippen LogP contribution in [0.2, 0.25) is 0 Å². The molecule has 3 N–H and O–H groups in total. The van der Waals surface area contributed by atoms with Gasteiger partial charge in [-0.2, -0.15) is 0 Å². The van der Waals surface area contributed by atoms with Gasteiger partial charge in [-0.25, -0.2) is 0 Å². The third kappa shape index (κ3) is 3.04. The summed E-state index contributed by atoms with van der Waals surface area (Å²) in [5.41, 5.74) is 0. The summed E-state index contributed by atoms with van der Waals surface area (Å²) in [6.45, 7) is -0.192. The Bertz CT molecular complexity index is 438. The first-order valence-corrected chi connectivity index (χ1v) is 5.71. The van der Waals surface area contributed by atoms with Crippen molar-refractivity contribution in [2.45, 2.75) is 24.6 Å². The Balaban J connectivity index is 2.13. The maximum absolute atomic E-state index is 9.73. The minimum Gasteiger partial charge on any atom is -0.467 e. The van der Waals surface area contributed by atoms with E-state index >= 15 is 0 Å². The highest BCUT2D eigenvalue weighted by Gasteiger charge is 2.39. The van der Waals surface area contributed by atoms with Crippen LogP contribution >= 0.6 is 0 Å². The molecule has 20 heavy (non-hydrogen) atoms. The van der Waals surface area contributed by atoms with Gasteiger partial charge in [0.15, 0.2) is 0 Å². The molecule has 0 unspecified atom stereocenters. The first-order valence-electron chi connectivity index (χ1n) is 5.71. The summed E-state index contributed by atoms with van der Waals surface area (Å²) in [6, 6.07) is -0.295. The van der Waals surface area contributed by atoms with Gasteiger partial charge in [-0.3, -0.25) is 0 Å². The van der Waals surface area contributed by atoms with Crippen LogP contribution in [0.15, 0.2) is 0 Å². The number of aliphatic hydroxyl groups excluding tert-OH is 3. The third-order valence-corrected chi connectivity index (χ3v) is 2.61. The summed E-state index contributed by atoms with van der Waals surface area (Å²) in [4.78, 5) is 11.4. The van der Waals surface area contributed by atoms with E-state index in [4.69, 9.17) is 18.9 Å². The Kier molecular flexibility index (Phi) is 4.49. The molecule has 10 heteroatoms. The Morgan fingerprint density at radius 2 is 1.50 bits per heavy atom. The van der Waals surface area contributed by atoms with E-state index in [1.54, 1.807) is 0 Å². The Morgan fingerprint density at radius 1 is 0.950 bits per heavy atom. The summed E-state index contributed by atoms with van der Waals surface area (Å²) in [5.74, 6) is 0. The fourth-order valence-corrected chi connectivity index (χ4v) is 1.54. The van der Waals surface area contributed by atoms with Crippen LogP contribution in [0.3, 0.4) is 0 Å². The topological polar surface area (TPSA) is 136 Å². The molecule has 1 aromatic rings. The number of rotatable bonds is 4. The van der Waals surface area contributed by atoms with E-state index in [9.17, 15) is 15.3 Å². The van der Waals surface area contributed by atoms with Crippen molar-refractivity contribution in [3.63, 3.8) is 0 Å². The van der Waals surface area contributed by atoms with Crippen molar-refractivity contribution in [3.05, 3.63) is 0 Å². The maximum atomic E-state index is 9.73. The summed E-state index contributed by atoms with van der Waals surface area (Å²) in [5, 5.41) is 28.6. The zero-order chi connectivity index (χ0) is 14.7. The second-order valence-corrected chi connectivity index (χ2v) is 3.96. The summed E-state index contributed by atoms with van der Waals surface area (Å²) in [7, 11) is 2.70. The average Bonchev–Trinajstić information content (AvgIpc) is 2.47. The minimum atomic E-state index is -1.45. The van der Waals surface area contributed by atoms with E-state index in [1.807, 2.05) is 0 Å². The number of aromatic nitrogens is 3. The monoisotopic (exact) mass is 289 g/mol. The lowest BCUT2D eigenvalue weighted by Crippen LogP contribution is -2.54. The first-order chi connectivity index (χ1) is 9.55. The number of ether oxygens (including phenoxy) is 4. The molecule has 0 amide bonds. The molecular formula is C10H15N3O7. The minimum absolute atomic E-state index is 0.0438. The lowest BCUT2D eigenvalue weighted by Gasteiger charge is -2.34. The van der Waals surface area contributed by atoms with Crippen molar-refractivity contribution < 1.29 is 34.3 Å². The zero-order valence-electron chi connectivity index (χ0n) is 10.8. The molecule has 10 nitrogen and oxygen atoms in total. The average molecular weight is 289 g/mol. The highest BCUT2D eigenvalue weighted by atomic mass is 16.7. The van der Waals surface area contributed by atoms with E-state index in [2.05, 4.69) is 15.0 Å². The number of methoxy groups -OCH3 is 2. The molecule has 0 aliphatic carbocycles. The van der Waals surface area contributed by atoms with E-state index in [0.717, 1.165) is 0 Å². The van der Waals surface area contributed by atoms with E-state index in [1.165, 1.54) is 14.2 Å². The molecule has 0 spiro atoms. The summed E-state index contributed by atoms with van der Waals surface area (Å²) >= 11 is 0. The van der Waals surface area contributed by atoms with Gasteiger partial charge in [-0.1, -0.05) is 0 Å². The molecule has 1 aromatic heterocycles. The van der Waals surface area contributed by atoms with Crippen molar-refractivity contribution in [1.29, 1.82) is 0 Å². The molecule has 1 aliphatic heterocycles. The Morgan fingerprint density at radius 3 is 2.05 bits per heavy atom. The normalized spacial score (nSPS) is 29.9. The van der Waals surface area contributed by atoms with Gasteiger partial charge in [-0.05, 0) is 0 Å². The summed E-state index contributed by atoms with van der Waals surface area (Å²) in [6.07, 6.45) is -5.26. The molecule has 1 saturated heterocycles. The van der Waals surface area contributed by atoms with E-state index in [-0.39, 0.29) is 24.6 Å². The van der Waals surface area contributed by atoms with Gasteiger partial charge >= 0.3 is 18.0 Å². The van der Waals surface area contributed by atoms with Gasteiger partial charge in [0, 0.05) is 0 Å². The molecule has 0 aromatic carbocycles. The fraction of sp³-hybridized carbons (Fsp3) is 0.700. The van der Waals surface area contributed by atoms with Crippen LogP contribution in [0.25, 0.3) is 0 Å². The second-order valence-electron chi connectivity index (χ2n) is 3.96. The second kappa shape index (κ2) is 6.13. The van der Waals surface area contributed by atoms with Gasteiger partial charge in [0.2, 0.25) is 6.29 Å². The van der Waals surface area contributed by atoms with Crippen molar-refractivity contribution in [2.24, 2.45) is 0 Å². The number of hydrogen-bond donors (Lipinski definition) is 3. The Labute approximate surface area is 113 Å². The van der Waals surface area contributed by atoms with Crippen LogP contribution in [-0.2, 0) is 4.74 Å². The van der Waals surface area contributed by atoms with E-state index < -0.39 is 24.6 Å². The predicted octanol–water partition coefficient (Wildman–Crippen LogP) is -2.29. The smallest absolute Gasteiger partial charge is 0.328 e. The van der Waals surface area contributed by atoms with Crippen molar-refractivity contribution in [1.82, 2.24) is 15.0 Å². The molecule has 2 heterocycles. The molecule has 0 radical (unpaired) electrons. The zero-order valence-corrected chi connectivity index (χ0v) is 10.8. The van der Waals surface area contributed by atoms with Crippen LogP contribution in [0.1, 0.15) is 0 Å². The molecule has 1 aliphatic rings. The molecule has 1 fully saturated rings. The highest BCUT2D eigenvalue weighted by molar-refractivity contribution is 5.09. The lowest BCUT2D eigenvalue weighted by molar-refractivity contribution is -0.243. The summed E-state index contributed by atoms with van der Waals surface area (Å²) < 4.78 is 19.9.